The Hall–Kier alpha value is -0.940. The summed E-state index contributed by atoms with van der Waals surface area (Å²) in [5.74, 6) is 0.240. The van der Waals surface area contributed by atoms with E-state index in [1.807, 2.05) is 32.0 Å². The lowest BCUT2D eigenvalue weighted by Crippen LogP contribution is -2.29. The molecule has 0 N–H and O–H groups in total. The van der Waals surface area contributed by atoms with E-state index in [1.54, 1.807) is 4.57 Å². The van der Waals surface area contributed by atoms with Crippen LogP contribution in [0.3, 0.4) is 0 Å². The molecule has 0 aliphatic heterocycles. The molecule has 1 heterocycles. The van der Waals surface area contributed by atoms with Gasteiger partial charge in [0.2, 0.25) is 0 Å². The van der Waals surface area contributed by atoms with Crippen LogP contribution in [0.2, 0.25) is 0 Å². The zero-order chi connectivity index (χ0) is 14.7. The molecule has 3 nitrogen and oxygen atoms in total. The largest absolute Gasteiger partial charge is 0.348 e. The van der Waals surface area contributed by atoms with Crippen LogP contribution in [0.1, 0.15) is 22.9 Å². The molecule has 0 spiro atoms. The van der Waals surface area contributed by atoms with Gasteiger partial charge >= 0.3 is 5.69 Å². The third kappa shape index (κ3) is 3.20. The SMILES string of the molecule is Cc1nc(=O)n(CC(CBr)c2ccccc2)c(C)c1Br. The Morgan fingerprint density at radius 1 is 1.25 bits per heavy atom. The molecule has 0 amide bonds. The van der Waals surface area contributed by atoms with E-state index in [0.29, 0.717) is 6.54 Å². The lowest BCUT2D eigenvalue weighted by molar-refractivity contribution is 0.558. The minimum atomic E-state index is -0.190. The van der Waals surface area contributed by atoms with Gasteiger partial charge in [0.25, 0.3) is 0 Å². The number of halogens is 2. The Kier molecular flexibility index (Phi) is 5.16. The number of hydrogen-bond donors (Lipinski definition) is 0. The average molecular weight is 400 g/mol. The summed E-state index contributed by atoms with van der Waals surface area (Å²) in [6.07, 6.45) is 0. The van der Waals surface area contributed by atoms with Gasteiger partial charge in [-0.2, -0.15) is 4.98 Å². The number of hydrogen-bond acceptors (Lipinski definition) is 2. The summed E-state index contributed by atoms with van der Waals surface area (Å²) < 4.78 is 2.63. The average Bonchev–Trinajstić information content (AvgIpc) is 2.46. The van der Waals surface area contributed by atoms with Crippen LogP contribution in [0.15, 0.2) is 39.6 Å². The second kappa shape index (κ2) is 6.68. The van der Waals surface area contributed by atoms with E-state index < -0.39 is 0 Å². The minimum Gasteiger partial charge on any atom is -0.295 e. The van der Waals surface area contributed by atoms with Crippen LogP contribution in [-0.4, -0.2) is 14.9 Å². The van der Waals surface area contributed by atoms with Crippen LogP contribution < -0.4 is 5.69 Å². The molecule has 2 rings (SSSR count). The molecule has 0 saturated carbocycles. The van der Waals surface area contributed by atoms with E-state index in [-0.39, 0.29) is 11.6 Å². The molecule has 1 atom stereocenters. The molecular formula is C15H16Br2N2O. The van der Waals surface area contributed by atoms with Crippen molar-refractivity contribution in [2.75, 3.05) is 5.33 Å². The minimum absolute atomic E-state index is 0.190. The van der Waals surface area contributed by atoms with Crippen LogP contribution in [0.25, 0.3) is 0 Å². The lowest BCUT2D eigenvalue weighted by atomic mass is 10.0. The number of alkyl halides is 1. The summed E-state index contributed by atoms with van der Waals surface area (Å²) in [7, 11) is 0. The summed E-state index contributed by atoms with van der Waals surface area (Å²) in [5.41, 5.74) is 2.68. The zero-order valence-electron chi connectivity index (χ0n) is 11.4. The first kappa shape index (κ1) is 15.4. The Morgan fingerprint density at radius 2 is 1.90 bits per heavy atom. The highest BCUT2D eigenvalue weighted by molar-refractivity contribution is 9.10. The summed E-state index contributed by atoms with van der Waals surface area (Å²) >= 11 is 7.04. The molecular weight excluding hydrogens is 384 g/mol. The van der Waals surface area contributed by atoms with Crippen molar-refractivity contribution < 1.29 is 0 Å². The Labute approximate surface area is 135 Å². The van der Waals surface area contributed by atoms with E-state index >= 15 is 0 Å². The van der Waals surface area contributed by atoms with Crippen molar-refractivity contribution in [3.8, 4) is 0 Å². The van der Waals surface area contributed by atoms with Gasteiger partial charge in [0, 0.05) is 23.5 Å². The predicted molar refractivity (Wildman–Crippen MR) is 88.6 cm³/mol. The number of rotatable bonds is 4. The highest BCUT2D eigenvalue weighted by Crippen LogP contribution is 2.22. The maximum absolute atomic E-state index is 12.1. The van der Waals surface area contributed by atoms with Crippen molar-refractivity contribution in [3.63, 3.8) is 0 Å². The lowest BCUT2D eigenvalue weighted by Gasteiger charge is -2.19. The molecule has 20 heavy (non-hydrogen) atoms. The van der Waals surface area contributed by atoms with Crippen LogP contribution in [0, 0.1) is 13.8 Å². The summed E-state index contributed by atoms with van der Waals surface area (Å²) in [6.45, 7) is 4.39. The smallest absolute Gasteiger partial charge is 0.295 e. The van der Waals surface area contributed by atoms with Crippen LogP contribution in [-0.2, 0) is 6.54 Å². The van der Waals surface area contributed by atoms with Gasteiger partial charge in [0.1, 0.15) is 0 Å². The third-order valence-corrected chi connectivity index (χ3v) is 5.32. The Balaban J connectivity index is 2.39. The first-order valence-electron chi connectivity index (χ1n) is 6.39. The van der Waals surface area contributed by atoms with Gasteiger partial charge in [-0.15, -0.1) is 0 Å². The highest BCUT2D eigenvalue weighted by atomic mass is 79.9. The second-order valence-corrected chi connectivity index (χ2v) is 6.19. The molecule has 1 unspecified atom stereocenters. The number of aromatic nitrogens is 2. The topological polar surface area (TPSA) is 34.9 Å². The third-order valence-electron chi connectivity index (χ3n) is 3.39. The van der Waals surface area contributed by atoms with E-state index in [9.17, 15) is 4.79 Å². The van der Waals surface area contributed by atoms with Gasteiger partial charge in [-0.1, -0.05) is 46.3 Å². The Morgan fingerprint density at radius 3 is 2.50 bits per heavy atom. The first-order valence-corrected chi connectivity index (χ1v) is 8.30. The quantitative estimate of drug-likeness (QED) is 0.733. The van der Waals surface area contributed by atoms with Crippen LogP contribution >= 0.6 is 31.9 Å². The van der Waals surface area contributed by atoms with Gasteiger partial charge in [0.05, 0.1) is 10.2 Å². The van der Waals surface area contributed by atoms with Crippen molar-refractivity contribution in [1.29, 1.82) is 0 Å². The molecule has 0 fully saturated rings. The normalized spacial score (nSPS) is 12.4. The van der Waals surface area contributed by atoms with E-state index in [2.05, 4.69) is 49.0 Å². The van der Waals surface area contributed by atoms with Gasteiger partial charge in [-0.05, 0) is 35.3 Å². The maximum Gasteiger partial charge on any atom is 0.348 e. The highest BCUT2D eigenvalue weighted by Gasteiger charge is 2.15. The standard InChI is InChI=1S/C15H16Br2N2O/c1-10-14(17)11(2)19(15(20)18-10)9-13(8-16)12-6-4-3-5-7-12/h3-7,13H,8-9H2,1-2H3. The number of benzene rings is 1. The predicted octanol–water partition coefficient (Wildman–Crippen LogP) is 3.80. The maximum atomic E-state index is 12.1. The van der Waals surface area contributed by atoms with Crippen molar-refractivity contribution in [2.24, 2.45) is 0 Å². The zero-order valence-corrected chi connectivity index (χ0v) is 14.6. The fraction of sp³-hybridized carbons (Fsp3) is 0.333. The van der Waals surface area contributed by atoms with Crippen LogP contribution in [0.4, 0.5) is 0 Å². The number of nitrogens with zero attached hydrogens (tertiary/aromatic N) is 2. The van der Waals surface area contributed by atoms with Gasteiger partial charge in [-0.3, -0.25) is 4.57 Å². The summed E-state index contributed by atoms with van der Waals surface area (Å²) in [4.78, 5) is 16.2. The molecule has 0 aliphatic rings. The summed E-state index contributed by atoms with van der Waals surface area (Å²) in [6, 6.07) is 10.2. The molecule has 0 saturated heterocycles. The van der Waals surface area contributed by atoms with Crippen molar-refractivity contribution in [2.45, 2.75) is 26.3 Å². The molecule has 5 heteroatoms. The first-order chi connectivity index (χ1) is 9.54. The second-order valence-electron chi connectivity index (χ2n) is 4.75. The van der Waals surface area contributed by atoms with Gasteiger partial charge < -0.3 is 0 Å². The molecule has 1 aromatic carbocycles. The number of aryl methyl sites for hydroxylation is 1. The molecule has 0 radical (unpaired) electrons. The van der Waals surface area contributed by atoms with Crippen molar-refractivity contribution >= 4 is 31.9 Å². The molecule has 1 aromatic heterocycles. The van der Waals surface area contributed by atoms with Crippen molar-refractivity contribution in [3.05, 3.63) is 62.2 Å². The Bertz CT molecular complexity index is 653. The van der Waals surface area contributed by atoms with Crippen molar-refractivity contribution in [1.82, 2.24) is 9.55 Å². The molecule has 2 aromatic rings. The fourth-order valence-electron chi connectivity index (χ4n) is 2.18. The van der Waals surface area contributed by atoms with Gasteiger partial charge in [-0.25, -0.2) is 4.79 Å². The van der Waals surface area contributed by atoms with Gasteiger partial charge in [0.15, 0.2) is 0 Å². The molecule has 106 valence electrons. The van der Waals surface area contributed by atoms with E-state index in [0.717, 1.165) is 21.2 Å². The van der Waals surface area contributed by atoms with Crippen LogP contribution in [0.5, 0.6) is 0 Å². The molecule has 0 bridgehead atoms. The molecule has 0 aliphatic carbocycles. The fourth-order valence-corrected chi connectivity index (χ4v) is 3.06. The van der Waals surface area contributed by atoms with E-state index in [4.69, 9.17) is 0 Å². The monoisotopic (exact) mass is 398 g/mol. The summed E-state index contributed by atoms with van der Waals surface area (Å²) in [5, 5.41) is 0.800. The van der Waals surface area contributed by atoms with E-state index in [1.165, 1.54) is 5.56 Å².